The molecule has 0 aliphatic heterocycles. The van der Waals surface area contributed by atoms with Crippen molar-refractivity contribution >= 4 is 17.3 Å². The second-order valence-corrected chi connectivity index (χ2v) is 10.8. The maximum Gasteiger partial charge on any atom is 0.181 e. The minimum absolute atomic E-state index is 0.216. The fourth-order valence-corrected chi connectivity index (χ4v) is 4.53. The zero-order chi connectivity index (χ0) is 25.3. The van der Waals surface area contributed by atoms with Gasteiger partial charge < -0.3 is 0 Å². The fourth-order valence-electron chi connectivity index (χ4n) is 4.53. The number of ketones is 3. The first-order valence-electron chi connectivity index (χ1n) is 12.6. The average molecular weight is 455 g/mol. The summed E-state index contributed by atoms with van der Waals surface area (Å²) in [4.78, 5) is 34.1. The van der Waals surface area contributed by atoms with Crippen LogP contribution in [-0.4, -0.2) is 17.3 Å². The molecule has 0 aromatic carbocycles. The summed E-state index contributed by atoms with van der Waals surface area (Å²) < 4.78 is 0. The van der Waals surface area contributed by atoms with Crippen molar-refractivity contribution in [2.75, 3.05) is 0 Å². The topological polar surface area (TPSA) is 51.2 Å². The van der Waals surface area contributed by atoms with Gasteiger partial charge in [-0.2, -0.15) is 0 Å². The Morgan fingerprint density at radius 2 is 1.03 bits per heavy atom. The van der Waals surface area contributed by atoms with Crippen molar-refractivity contribution in [2.45, 2.75) is 114 Å². The molecule has 3 aliphatic carbocycles. The third kappa shape index (κ3) is 9.78. The highest BCUT2D eigenvalue weighted by Gasteiger charge is 2.21. The Morgan fingerprint density at radius 3 is 1.33 bits per heavy atom. The molecular formula is C30H46O3. The van der Waals surface area contributed by atoms with Crippen LogP contribution in [0.3, 0.4) is 0 Å². The predicted octanol–water partition coefficient (Wildman–Crippen LogP) is 8.06. The quantitative estimate of drug-likeness (QED) is 0.348. The molecule has 0 radical (unpaired) electrons. The standard InChI is InChI=1S/2C10H16O.C10H14O/c3*1-7(2)9-5-4-8(3)6-10(9)11/h2*8H,4-6H2,1-3H3;6H,4-5H2,1-3H3. The molecule has 2 atom stereocenters. The second-order valence-electron chi connectivity index (χ2n) is 10.8. The van der Waals surface area contributed by atoms with E-state index in [-0.39, 0.29) is 5.78 Å². The van der Waals surface area contributed by atoms with Crippen molar-refractivity contribution in [3.8, 4) is 0 Å². The SMILES string of the molecule is CC(C)=C1CCC(C)CC1=O.CC(C)=C1CCC(C)CC1=O.CC1=CC(=O)C(=C(C)C)CC1. The van der Waals surface area contributed by atoms with Gasteiger partial charge in [0.2, 0.25) is 0 Å². The number of allylic oxidation sites excluding steroid dienone is 8. The predicted molar refractivity (Wildman–Crippen MR) is 139 cm³/mol. The van der Waals surface area contributed by atoms with Gasteiger partial charge in [-0.1, -0.05) is 36.1 Å². The molecular weight excluding hydrogens is 408 g/mol. The molecule has 0 N–H and O–H groups in total. The minimum Gasteiger partial charge on any atom is -0.295 e. The Balaban J connectivity index is 0.000000247. The van der Waals surface area contributed by atoms with Crippen molar-refractivity contribution in [3.05, 3.63) is 45.1 Å². The maximum absolute atomic E-state index is 11.4. The van der Waals surface area contributed by atoms with E-state index in [4.69, 9.17) is 0 Å². The van der Waals surface area contributed by atoms with E-state index in [9.17, 15) is 14.4 Å². The maximum atomic E-state index is 11.4. The van der Waals surface area contributed by atoms with Crippen LogP contribution in [0.25, 0.3) is 0 Å². The first-order chi connectivity index (χ1) is 15.3. The zero-order valence-electron chi connectivity index (χ0n) is 22.6. The highest BCUT2D eigenvalue weighted by molar-refractivity contribution is 6.05. The summed E-state index contributed by atoms with van der Waals surface area (Å²) in [7, 11) is 0. The molecule has 2 saturated carbocycles. The summed E-state index contributed by atoms with van der Waals surface area (Å²) in [5.41, 5.74) is 7.98. The van der Waals surface area contributed by atoms with Gasteiger partial charge in [0.15, 0.2) is 17.3 Å². The van der Waals surface area contributed by atoms with Crippen LogP contribution >= 0.6 is 0 Å². The Hall–Kier alpha value is -2.03. The van der Waals surface area contributed by atoms with Crippen LogP contribution in [0.2, 0.25) is 0 Å². The lowest BCUT2D eigenvalue weighted by Gasteiger charge is -2.20. The van der Waals surface area contributed by atoms with E-state index >= 15 is 0 Å². The molecule has 2 fully saturated rings. The molecule has 0 spiro atoms. The first kappa shape index (κ1) is 29.0. The molecule has 0 amide bonds. The number of hydrogen-bond donors (Lipinski definition) is 0. The smallest absolute Gasteiger partial charge is 0.181 e. The van der Waals surface area contributed by atoms with Gasteiger partial charge in [0, 0.05) is 12.8 Å². The van der Waals surface area contributed by atoms with E-state index in [2.05, 4.69) is 13.8 Å². The van der Waals surface area contributed by atoms with E-state index in [1.54, 1.807) is 6.08 Å². The lowest BCUT2D eigenvalue weighted by molar-refractivity contribution is -0.118. The van der Waals surface area contributed by atoms with E-state index in [1.165, 1.54) is 35.1 Å². The van der Waals surface area contributed by atoms with Crippen molar-refractivity contribution in [1.82, 2.24) is 0 Å². The van der Waals surface area contributed by atoms with Crippen LogP contribution in [0.15, 0.2) is 45.1 Å². The molecule has 0 aromatic heterocycles. The molecule has 184 valence electrons. The van der Waals surface area contributed by atoms with Gasteiger partial charge in [0.1, 0.15) is 0 Å². The second kappa shape index (κ2) is 13.6. The van der Waals surface area contributed by atoms with Crippen LogP contribution in [0.1, 0.15) is 114 Å². The van der Waals surface area contributed by atoms with Crippen LogP contribution in [0.4, 0.5) is 0 Å². The lowest BCUT2D eigenvalue weighted by Crippen LogP contribution is -2.16. The Bertz CT molecular complexity index is 818. The fraction of sp³-hybridized carbons (Fsp3) is 0.633. The van der Waals surface area contributed by atoms with E-state index in [0.29, 0.717) is 23.4 Å². The van der Waals surface area contributed by atoms with Crippen LogP contribution in [-0.2, 0) is 14.4 Å². The zero-order valence-corrected chi connectivity index (χ0v) is 22.6. The van der Waals surface area contributed by atoms with Crippen molar-refractivity contribution in [3.63, 3.8) is 0 Å². The molecule has 3 aliphatic rings. The average Bonchev–Trinajstić information content (AvgIpc) is 2.68. The summed E-state index contributed by atoms with van der Waals surface area (Å²) in [5.74, 6) is 2.18. The lowest BCUT2D eigenvalue weighted by atomic mass is 9.84. The molecule has 3 heteroatoms. The van der Waals surface area contributed by atoms with Crippen molar-refractivity contribution in [1.29, 1.82) is 0 Å². The van der Waals surface area contributed by atoms with Gasteiger partial charge in [0.05, 0.1) is 0 Å². The van der Waals surface area contributed by atoms with E-state index < -0.39 is 0 Å². The van der Waals surface area contributed by atoms with Crippen LogP contribution in [0.5, 0.6) is 0 Å². The third-order valence-corrected chi connectivity index (χ3v) is 6.77. The summed E-state index contributed by atoms with van der Waals surface area (Å²) in [6.45, 7) is 18.4. The monoisotopic (exact) mass is 454 g/mol. The summed E-state index contributed by atoms with van der Waals surface area (Å²) >= 11 is 0. The van der Waals surface area contributed by atoms with E-state index in [1.807, 2.05) is 48.5 Å². The summed E-state index contributed by atoms with van der Waals surface area (Å²) in [6, 6.07) is 0. The highest BCUT2D eigenvalue weighted by atomic mass is 16.1. The summed E-state index contributed by atoms with van der Waals surface area (Å²) in [6.07, 6.45) is 9.64. The van der Waals surface area contributed by atoms with Crippen LogP contribution < -0.4 is 0 Å². The Labute approximate surface area is 202 Å². The third-order valence-electron chi connectivity index (χ3n) is 6.77. The van der Waals surface area contributed by atoms with Crippen molar-refractivity contribution in [2.24, 2.45) is 11.8 Å². The van der Waals surface area contributed by atoms with Gasteiger partial charge in [-0.05, 0) is 122 Å². The number of rotatable bonds is 0. The largest absolute Gasteiger partial charge is 0.295 e. The molecule has 0 saturated heterocycles. The molecule has 3 nitrogen and oxygen atoms in total. The van der Waals surface area contributed by atoms with Gasteiger partial charge in [-0.3, -0.25) is 14.4 Å². The number of Topliss-reactive ketones (excluding diaryl/α,β-unsaturated/α-hetero) is 2. The minimum atomic E-state index is 0.216. The molecule has 0 heterocycles. The summed E-state index contributed by atoms with van der Waals surface area (Å²) in [5, 5.41) is 0. The molecule has 0 aromatic rings. The van der Waals surface area contributed by atoms with Gasteiger partial charge >= 0.3 is 0 Å². The molecule has 0 bridgehead atoms. The Morgan fingerprint density at radius 1 is 0.636 bits per heavy atom. The normalized spacial score (nSPS) is 23.1. The van der Waals surface area contributed by atoms with E-state index in [0.717, 1.165) is 55.2 Å². The Kier molecular flexibility index (Phi) is 12.0. The highest BCUT2D eigenvalue weighted by Crippen LogP contribution is 2.27. The van der Waals surface area contributed by atoms with Gasteiger partial charge in [-0.15, -0.1) is 0 Å². The first-order valence-corrected chi connectivity index (χ1v) is 12.6. The molecule has 33 heavy (non-hydrogen) atoms. The molecule has 3 rings (SSSR count). The number of carbonyl (C=O) groups excluding carboxylic acids is 3. The van der Waals surface area contributed by atoms with Crippen LogP contribution in [0, 0.1) is 11.8 Å². The number of carbonyl (C=O) groups is 3. The van der Waals surface area contributed by atoms with Gasteiger partial charge in [-0.25, -0.2) is 0 Å². The van der Waals surface area contributed by atoms with Gasteiger partial charge in [0.25, 0.3) is 0 Å². The number of hydrogen-bond acceptors (Lipinski definition) is 3. The van der Waals surface area contributed by atoms with Crippen molar-refractivity contribution < 1.29 is 14.4 Å². The molecule has 2 unspecified atom stereocenters.